The molecule has 1 aliphatic carbocycles. The Morgan fingerprint density at radius 1 is 1.53 bits per heavy atom. The van der Waals surface area contributed by atoms with Crippen LogP contribution in [0.5, 0.6) is 0 Å². The zero-order valence-corrected chi connectivity index (χ0v) is 13.5. The predicted molar refractivity (Wildman–Crippen MR) is 77.9 cm³/mol. The Kier molecular flexibility index (Phi) is 4.97. The number of nitrogens with zero attached hydrogens (tertiary/aromatic N) is 3. The molecule has 1 saturated carbocycles. The van der Waals surface area contributed by atoms with Crippen molar-refractivity contribution in [1.82, 2.24) is 20.3 Å². The van der Waals surface area contributed by atoms with E-state index in [1.54, 1.807) is 0 Å². The summed E-state index contributed by atoms with van der Waals surface area (Å²) in [6, 6.07) is 0.231. The molecule has 1 aromatic heterocycles. The average Bonchev–Trinajstić information content (AvgIpc) is 2.68. The van der Waals surface area contributed by atoms with Crippen LogP contribution in [0.25, 0.3) is 0 Å². The van der Waals surface area contributed by atoms with Crippen LogP contribution >= 0.6 is 15.9 Å². The van der Waals surface area contributed by atoms with E-state index in [1.165, 1.54) is 6.42 Å². The second kappa shape index (κ2) is 6.33. The summed E-state index contributed by atoms with van der Waals surface area (Å²) in [7, 11) is 3.76. The molecule has 0 aromatic carbocycles. The normalized spacial score (nSPS) is 19.2. The van der Waals surface area contributed by atoms with E-state index < -0.39 is 0 Å². The summed E-state index contributed by atoms with van der Waals surface area (Å²) < 4.78 is 8.43. The molecule has 1 aromatic rings. The largest absolute Gasteiger partial charge is 0.378 e. The molecule has 0 spiro atoms. The highest BCUT2D eigenvalue weighted by molar-refractivity contribution is 9.10. The van der Waals surface area contributed by atoms with E-state index in [0.717, 1.165) is 42.5 Å². The first-order chi connectivity index (χ1) is 9.12. The number of aryl methyl sites for hydroxylation is 1. The standard InChI is InChI=1S/C13H23BrN4O/c1-4-8-15-10(9-13(19-3)6-5-7-13)11-12(14)16-17-18(11)2/h10,15H,4-9H2,1-3H3. The Morgan fingerprint density at radius 2 is 2.26 bits per heavy atom. The molecule has 0 aliphatic heterocycles. The number of rotatable bonds is 7. The summed E-state index contributed by atoms with van der Waals surface area (Å²) in [6.07, 6.45) is 5.65. The van der Waals surface area contributed by atoms with Crippen molar-refractivity contribution in [3.05, 3.63) is 10.3 Å². The molecule has 5 nitrogen and oxygen atoms in total. The predicted octanol–water partition coefficient (Wildman–Crippen LogP) is 2.58. The van der Waals surface area contributed by atoms with Crippen molar-refractivity contribution >= 4 is 15.9 Å². The van der Waals surface area contributed by atoms with Crippen molar-refractivity contribution < 1.29 is 4.74 Å². The summed E-state index contributed by atoms with van der Waals surface area (Å²) >= 11 is 3.50. The minimum absolute atomic E-state index is 0.0368. The molecular formula is C13H23BrN4O. The van der Waals surface area contributed by atoms with Crippen LogP contribution < -0.4 is 5.32 Å². The number of ether oxygens (including phenoxy) is 1. The van der Waals surface area contributed by atoms with Crippen molar-refractivity contribution in [3.63, 3.8) is 0 Å². The van der Waals surface area contributed by atoms with Gasteiger partial charge in [-0.3, -0.25) is 0 Å². The van der Waals surface area contributed by atoms with Crippen LogP contribution in [0.2, 0.25) is 0 Å². The van der Waals surface area contributed by atoms with Gasteiger partial charge in [0.05, 0.1) is 17.3 Å². The molecule has 1 fully saturated rings. The molecule has 6 heteroatoms. The maximum Gasteiger partial charge on any atom is 0.153 e. The van der Waals surface area contributed by atoms with Crippen molar-refractivity contribution in [2.75, 3.05) is 13.7 Å². The van der Waals surface area contributed by atoms with Gasteiger partial charge in [0.25, 0.3) is 0 Å². The minimum atomic E-state index is 0.0368. The molecule has 108 valence electrons. The van der Waals surface area contributed by atoms with Crippen LogP contribution in [-0.4, -0.2) is 34.2 Å². The number of aromatic nitrogens is 3. The van der Waals surface area contributed by atoms with Gasteiger partial charge in [0.1, 0.15) is 0 Å². The van der Waals surface area contributed by atoms with Crippen LogP contribution in [0.15, 0.2) is 4.60 Å². The third-order valence-corrected chi connectivity index (χ3v) is 4.64. The SMILES string of the molecule is CCCNC(CC1(OC)CCC1)c1c(Br)nnn1C. The molecule has 19 heavy (non-hydrogen) atoms. The summed E-state index contributed by atoms with van der Waals surface area (Å²) in [6.45, 7) is 3.16. The van der Waals surface area contributed by atoms with Crippen molar-refractivity contribution in [1.29, 1.82) is 0 Å². The van der Waals surface area contributed by atoms with Gasteiger partial charge in [0, 0.05) is 14.2 Å². The Balaban J connectivity index is 2.16. The van der Waals surface area contributed by atoms with Gasteiger partial charge < -0.3 is 10.1 Å². The van der Waals surface area contributed by atoms with Gasteiger partial charge in [-0.25, -0.2) is 4.68 Å². The Hall–Kier alpha value is -0.460. The Bertz CT molecular complexity index is 392. The molecule has 1 aliphatic rings. The lowest BCUT2D eigenvalue weighted by molar-refractivity contribution is -0.0842. The first-order valence-electron chi connectivity index (χ1n) is 6.95. The fourth-order valence-corrected chi connectivity index (χ4v) is 3.33. The summed E-state index contributed by atoms with van der Waals surface area (Å²) in [5.41, 5.74) is 1.14. The van der Waals surface area contributed by atoms with Crippen LogP contribution in [0.1, 0.15) is 50.8 Å². The van der Waals surface area contributed by atoms with Gasteiger partial charge in [-0.1, -0.05) is 12.1 Å². The maximum atomic E-state index is 5.76. The molecule has 1 unspecified atom stereocenters. The monoisotopic (exact) mass is 330 g/mol. The molecule has 0 amide bonds. The zero-order valence-electron chi connectivity index (χ0n) is 11.9. The topological polar surface area (TPSA) is 52.0 Å². The quantitative estimate of drug-likeness (QED) is 0.834. The first kappa shape index (κ1) is 14.9. The van der Waals surface area contributed by atoms with Gasteiger partial charge in [0.15, 0.2) is 4.60 Å². The molecule has 1 N–H and O–H groups in total. The highest BCUT2D eigenvalue weighted by Gasteiger charge is 2.40. The van der Waals surface area contributed by atoms with Gasteiger partial charge in [-0.15, -0.1) is 5.10 Å². The lowest BCUT2D eigenvalue weighted by atomic mass is 9.75. The molecule has 0 saturated heterocycles. The molecule has 0 radical (unpaired) electrons. The van der Waals surface area contributed by atoms with E-state index in [4.69, 9.17) is 4.74 Å². The Morgan fingerprint density at radius 3 is 2.68 bits per heavy atom. The highest BCUT2D eigenvalue weighted by Crippen LogP contribution is 2.42. The van der Waals surface area contributed by atoms with Gasteiger partial charge in [-0.05, 0) is 54.6 Å². The summed E-state index contributed by atoms with van der Waals surface area (Å²) in [4.78, 5) is 0. The second-order valence-electron chi connectivity index (χ2n) is 5.34. The lowest BCUT2D eigenvalue weighted by Gasteiger charge is -2.43. The fourth-order valence-electron chi connectivity index (χ4n) is 2.73. The van der Waals surface area contributed by atoms with Crippen molar-refractivity contribution in [2.45, 2.75) is 50.7 Å². The number of hydrogen-bond donors (Lipinski definition) is 1. The van der Waals surface area contributed by atoms with E-state index >= 15 is 0 Å². The van der Waals surface area contributed by atoms with Crippen LogP contribution in [0.4, 0.5) is 0 Å². The second-order valence-corrected chi connectivity index (χ2v) is 6.09. The van der Waals surface area contributed by atoms with E-state index in [0.29, 0.717) is 0 Å². The molecule has 0 bridgehead atoms. The lowest BCUT2D eigenvalue weighted by Crippen LogP contribution is -2.43. The number of hydrogen-bond acceptors (Lipinski definition) is 4. The van der Waals surface area contributed by atoms with E-state index in [2.05, 4.69) is 38.5 Å². The van der Waals surface area contributed by atoms with Crippen LogP contribution in [0.3, 0.4) is 0 Å². The molecule has 1 heterocycles. The highest BCUT2D eigenvalue weighted by atomic mass is 79.9. The first-order valence-corrected chi connectivity index (χ1v) is 7.75. The van der Waals surface area contributed by atoms with E-state index in [9.17, 15) is 0 Å². The third-order valence-electron chi connectivity index (χ3n) is 4.07. The molecule has 2 rings (SSSR count). The third kappa shape index (κ3) is 3.17. The van der Waals surface area contributed by atoms with Crippen molar-refractivity contribution in [2.24, 2.45) is 7.05 Å². The van der Waals surface area contributed by atoms with Gasteiger partial charge in [0.2, 0.25) is 0 Å². The summed E-state index contributed by atoms with van der Waals surface area (Å²) in [5, 5.41) is 11.8. The number of nitrogens with one attached hydrogen (secondary N) is 1. The van der Waals surface area contributed by atoms with E-state index in [-0.39, 0.29) is 11.6 Å². The molecular weight excluding hydrogens is 308 g/mol. The van der Waals surface area contributed by atoms with Gasteiger partial charge >= 0.3 is 0 Å². The average molecular weight is 331 g/mol. The fraction of sp³-hybridized carbons (Fsp3) is 0.846. The van der Waals surface area contributed by atoms with Gasteiger partial charge in [-0.2, -0.15) is 0 Å². The smallest absolute Gasteiger partial charge is 0.153 e. The Labute approximate surface area is 123 Å². The summed E-state index contributed by atoms with van der Waals surface area (Å²) in [5.74, 6) is 0. The number of halogens is 1. The minimum Gasteiger partial charge on any atom is -0.378 e. The zero-order chi connectivity index (χ0) is 13.9. The van der Waals surface area contributed by atoms with E-state index in [1.807, 2.05) is 18.8 Å². The van der Waals surface area contributed by atoms with Crippen LogP contribution in [-0.2, 0) is 11.8 Å². The number of methoxy groups -OCH3 is 1. The van der Waals surface area contributed by atoms with Crippen molar-refractivity contribution in [3.8, 4) is 0 Å². The molecule has 1 atom stereocenters. The maximum absolute atomic E-state index is 5.76. The van der Waals surface area contributed by atoms with Crippen LogP contribution in [0, 0.1) is 0 Å².